The Morgan fingerprint density at radius 3 is 2.79 bits per heavy atom. The number of ether oxygens (including phenoxy) is 1. The SMILES string of the molecule is COc1cccc(C2(CCN(C)C)C=CCCC2)c1. The number of methoxy groups -OCH3 is 1. The van der Waals surface area contributed by atoms with Crippen molar-refractivity contribution in [2.45, 2.75) is 31.1 Å². The maximum atomic E-state index is 5.38. The topological polar surface area (TPSA) is 12.5 Å². The molecule has 1 aromatic rings. The highest BCUT2D eigenvalue weighted by Gasteiger charge is 2.30. The van der Waals surface area contributed by atoms with Crippen LogP contribution < -0.4 is 4.74 Å². The summed E-state index contributed by atoms with van der Waals surface area (Å²) in [5.74, 6) is 0.959. The molecule has 1 aliphatic rings. The Hall–Kier alpha value is -1.28. The summed E-state index contributed by atoms with van der Waals surface area (Å²) in [4.78, 5) is 2.27. The molecule has 0 spiro atoms. The maximum absolute atomic E-state index is 5.38. The van der Waals surface area contributed by atoms with Crippen molar-refractivity contribution < 1.29 is 4.74 Å². The molecule has 2 nitrogen and oxygen atoms in total. The van der Waals surface area contributed by atoms with Crippen LogP contribution in [0.5, 0.6) is 5.75 Å². The third kappa shape index (κ3) is 3.38. The summed E-state index contributed by atoms with van der Waals surface area (Å²) in [5, 5.41) is 0. The van der Waals surface area contributed by atoms with Crippen molar-refractivity contribution in [3.63, 3.8) is 0 Å². The fourth-order valence-corrected chi connectivity index (χ4v) is 2.88. The van der Waals surface area contributed by atoms with E-state index in [0.717, 1.165) is 12.3 Å². The first-order chi connectivity index (χ1) is 9.16. The van der Waals surface area contributed by atoms with Gasteiger partial charge in [-0.2, -0.15) is 0 Å². The minimum absolute atomic E-state index is 0.192. The number of allylic oxidation sites excluding steroid dienone is 2. The molecule has 0 saturated carbocycles. The van der Waals surface area contributed by atoms with Crippen molar-refractivity contribution in [3.05, 3.63) is 42.0 Å². The summed E-state index contributed by atoms with van der Waals surface area (Å²) in [7, 11) is 6.03. The first kappa shape index (κ1) is 14.1. The highest BCUT2D eigenvalue weighted by Crippen LogP contribution is 2.39. The molecule has 0 N–H and O–H groups in total. The second-order valence-corrected chi connectivity index (χ2v) is 5.74. The molecule has 1 aliphatic carbocycles. The highest BCUT2D eigenvalue weighted by atomic mass is 16.5. The van der Waals surface area contributed by atoms with Crippen LogP contribution in [0.3, 0.4) is 0 Å². The summed E-state index contributed by atoms with van der Waals surface area (Å²) in [6.07, 6.45) is 9.68. The fraction of sp³-hybridized carbons (Fsp3) is 0.529. The molecule has 19 heavy (non-hydrogen) atoms. The standard InChI is InChI=1S/C17H25NO/c1-18(2)13-12-17(10-5-4-6-11-17)15-8-7-9-16(14-15)19-3/h5,7-10,14H,4,6,11-13H2,1-3H3. The Balaban J connectivity index is 2.30. The molecular formula is C17H25NO. The van der Waals surface area contributed by atoms with Gasteiger partial charge < -0.3 is 9.64 Å². The van der Waals surface area contributed by atoms with E-state index in [0.29, 0.717) is 0 Å². The van der Waals surface area contributed by atoms with Gasteiger partial charge >= 0.3 is 0 Å². The van der Waals surface area contributed by atoms with Crippen LogP contribution in [0.1, 0.15) is 31.2 Å². The maximum Gasteiger partial charge on any atom is 0.119 e. The Morgan fingerprint density at radius 1 is 1.32 bits per heavy atom. The smallest absolute Gasteiger partial charge is 0.119 e. The molecule has 0 heterocycles. The summed E-state index contributed by atoms with van der Waals surface area (Å²) < 4.78 is 5.38. The molecule has 1 aromatic carbocycles. The Kier molecular flexibility index (Phi) is 4.65. The number of hydrogen-bond donors (Lipinski definition) is 0. The minimum atomic E-state index is 0.192. The number of rotatable bonds is 5. The summed E-state index contributed by atoms with van der Waals surface area (Å²) in [6, 6.07) is 8.57. The van der Waals surface area contributed by atoms with Gasteiger partial charge in [0, 0.05) is 5.41 Å². The van der Waals surface area contributed by atoms with Crippen molar-refractivity contribution in [2.24, 2.45) is 0 Å². The fourth-order valence-electron chi connectivity index (χ4n) is 2.88. The second-order valence-electron chi connectivity index (χ2n) is 5.74. The second kappa shape index (κ2) is 6.25. The van der Waals surface area contributed by atoms with E-state index >= 15 is 0 Å². The van der Waals surface area contributed by atoms with E-state index in [1.165, 1.54) is 31.2 Å². The zero-order chi connectivity index (χ0) is 13.7. The zero-order valence-electron chi connectivity index (χ0n) is 12.4. The van der Waals surface area contributed by atoms with Crippen LogP contribution in [0.4, 0.5) is 0 Å². The lowest BCUT2D eigenvalue weighted by Crippen LogP contribution is -2.30. The Morgan fingerprint density at radius 2 is 2.16 bits per heavy atom. The number of benzene rings is 1. The van der Waals surface area contributed by atoms with Gasteiger partial charge in [-0.25, -0.2) is 0 Å². The lowest BCUT2D eigenvalue weighted by atomic mass is 9.71. The molecule has 0 bridgehead atoms. The van der Waals surface area contributed by atoms with E-state index in [1.807, 2.05) is 6.07 Å². The first-order valence-corrected chi connectivity index (χ1v) is 7.13. The van der Waals surface area contributed by atoms with Gasteiger partial charge in [0.05, 0.1) is 7.11 Å². The average Bonchev–Trinajstić information content (AvgIpc) is 2.46. The number of nitrogens with zero attached hydrogens (tertiary/aromatic N) is 1. The van der Waals surface area contributed by atoms with E-state index in [2.05, 4.69) is 49.3 Å². The highest BCUT2D eigenvalue weighted by molar-refractivity contribution is 5.38. The molecule has 0 radical (unpaired) electrons. The summed E-state index contributed by atoms with van der Waals surface area (Å²) >= 11 is 0. The molecule has 1 unspecified atom stereocenters. The normalized spacial score (nSPS) is 22.7. The van der Waals surface area contributed by atoms with Gasteiger partial charge in [0.15, 0.2) is 0 Å². The largest absolute Gasteiger partial charge is 0.497 e. The lowest BCUT2D eigenvalue weighted by Gasteiger charge is -2.35. The minimum Gasteiger partial charge on any atom is -0.497 e. The predicted octanol–water partition coefficient (Wildman–Crippen LogP) is 3.62. The zero-order valence-corrected chi connectivity index (χ0v) is 12.4. The van der Waals surface area contributed by atoms with Gasteiger partial charge in [0.1, 0.15) is 5.75 Å². The molecule has 0 amide bonds. The van der Waals surface area contributed by atoms with Gasteiger partial charge in [0.25, 0.3) is 0 Å². The molecule has 2 heteroatoms. The van der Waals surface area contributed by atoms with Gasteiger partial charge in [0.2, 0.25) is 0 Å². The van der Waals surface area contributed by atoms with Crippen LogP contribution in [0, 0.1) is 0 Å². The van der Waals surface area contributed by atoms with Crippen LogP contribution in [0.25, 0.3) is 0 Å². The average molecular weight is 259 g/mol. The lowest BCUT2D eigenvalue weighted by molar-refractivity contribution is 0.327. The van der Waals surface area contributed by atoms with Crippen molar-refractivity contribution in [2.75, 3.05) is 27.7 Å². The van der Waals surface area contributed by atoms with E-state index in [1.54, 1.807) is 7.11 Å². The van der Waals surface area contributed by atoms with Crippen molar-refractivity contribution in [1.29, 1.82) is 0 Å². The quantitative estimate of drug-likeness (QED) is 0.749. The van der Waals surface area contributed by atoms with Crippen LogP contribution in [0.2, 0.25) is 0 Å². The molecule has 0 saturated heterocycles. The van der Waals surface area contributed by atoms with Crippen molar-refractivity contribution in [1.82, 2.24) is 4.90 Å². The molecule has 0 aliphatic heterocycles. The van der Waals surface area contributed by atoms with Crippen molar-refractivity contribution >= 4 is 0 Å². The molecule has 0 aromatic heterocycles. The van der Waals surface area contributed by atoms with Crippen LogP contribution >= 0.6 is 0 Å². The monoisotopic (exact) mass is 259 g/mol. The van der Waals surface area contributed by atoms with Crippen molar-refractivity contribution in [3.8, 4) is 5.75 Å². The molecule has 0 fully saturated rings. The summed E-state index contributed by atoms with van der Waals surface area (Å²) in [6.45, 7) is 1.11. The van der Waals surface area contributed by atoms with Gasteiger partial charge in [-0.15, -0.1) is 0 Å². The van der Waals surface area contributed by atoms with Gasteiger partial charge in [-0.1, -0.05) is 24.3 Å². The molecule has 104 valence electrons. The third-order valence-electron chi connectivity index (χ3n) is 4.08. The van der Waals surface area contributed by atoms with Crippen LogP contribution in [-0.4, -0.2) is 32.6 Å². The third-order valence-corrected chi connectivity index (χ3v) is 4.08. The molecule has 1 atom stereocenters. The van der Waals surface area contributed by atoms with E-state index < -0.39 is 0 Å². The predicted molar refractivity (Wildman–Crippen MR) is 80.8 cm³/mol. The Labute approximate surface area is 117 Å². The van der Waals surface area contributed by atoms with Gasteiger partial charge in [-0.3, -0.25) is 0 Å². The van der Waals surface area contributed by atoms with Crippen LogP contribution in [-0.2, 0) is 5.41 Å². The van der Waals surface area contributed by atoms with E-state index in [9.17, 15) is 0 Å². The Bertz CT molecular complexity index is 439. The summed E-state index contributed by atoms with van der Waals surface area (Å²) in [5.41, 5.74) is 1.58. The number of hydrogen-bond acceptors (Lipinski definition) is 2. The molecular weight excluding hydrogens is 234 g/mol. The van der Waals surface area contributed by atoms with E-state index in [-0.39, 0.29) is 5.41 Å². The first-order valence-electron chi connectivity index (χ1n) is 7.13. The van der Waals surface area contributed by atoms with E-state index in [4.69, 9.17) is 4.74 Å². The van der Waals surface area contributed by atoms with Crippen LogP contribution in [0.15, 0.2) is 36.4 Å². The van der Waals surface area contributed by atoms with Gasteiger partial charge in [-0.05, 0) is 64.0 Å². The molecule has 2 rings (SSSR count).